The van der Waals surface area contributed by atoms with Crippen molar-refractivity contribution in [2.24, 2.45) is 0 Å². The molecule has 0 spiro atoms. The number of nitrogens with zero attached hydrogens (tertiary/aromatic N) is 1. The molecule has 1 aliphatic rings. The topological polar surface area (TPSA) is 80.0 Å². The third-order valence-electron chi connectivity index (χ3n) is 2.79. The lowest BCUT2D eigenvalue weighted by molar-refractivity contribution is -0.145. The third-order valence-corrected chi connectivity index (χ3v) is 2.79. The highest BCUT2D eigenvalue weighted by atomic mass is 16.5. The quantitative estimate of drug-likeness (QED) is 0.821. The van der Waals surface area contributed by atoms with Crippen molar-refractivity contribution in [3.8, 4) is 0 Å². The standard InChI is InChI=1S/C13H15NO5/c15-12(4-3-10-2-1-6-18-10)14-5-7-19-11(9-14)8-13(16)17/h1-4,6,11H,5,7-9H2,(H,16,17)/b4-3+/t11-/m0/s1. The van der Waals surface area contributed by atoms with E-state index in [-0.39, 0.29) is 12.3 Å². The van der Waals surface area contributed by atoms with Crippen LogP contribution in [0.25, 0.3) is 6.08 Å². The number of ether oxygens (including phenoxy) is 1. The summed E-state index contributed by atoms with van der Waals surface area (Å²) in [4.78, 5) is 24.1. The van der Waals surface area contributed by atoms with Gasteiger partial charge in [-0.25, -0.2) is 0 Å². The van der Waals surface area contributed by atoms with Crippen LogP contribution in [0.5, 0.6) is 0 Å². The molecular formula is C13H15NO5. The number of carboxylic acid groups (broad SMARTS) is 1. The summed E-state index contributed by atoms with van der Waals surface area (Å²) < 4.78 is 10.4. The van der Waals surface area contributed by atoms with E-state index in [0.717, 1.165) is 0 Å². The van der Waals surface area contributed by atoms with Gasteiger partial charge in [0.2, 0.25) is 5.91 Å². The van der Waals surface area contributed by atoms with Crippen molar-refractivity contribution in [3.63, 3.8) is 0 Å². The van der Waals surface area contributed by atoms with Gasteiger partial charge in [-0.1, -0.05) is 0 Å². The van der Waals surface area contributed by atoms with E-state index in [1.54, 1.807) is 23.1 Å². The van der Waals surface area contributed by atoms with Gasteiger partial charge in [-0.3, -0.25) is 9.59 Å². The second-order valence-electron chi connectivity index (χ2n) is 4.22. The largest absolute Gasteiger partial charge is 0.481 e. The van der Waals surface area contributed by atoms with Gasteiger partial charge in [-0.05, 0) is 18.2 Å². The van der Waals surface area contributed by atoms with Crippen LogP contribution >= 0.6 is 0 Å². The van der Waals surface area contributed by atoms with Crippen LogP contribution in [0.15, 0.2) is 28.9 Å². The molecule has 1 amide bonds. The predicted octanol–water partition coefficient (Wildman–Crippen LogP) is 0.995. The molecule has 102 valence electrons. The third kappa shape index (κ3) is 3.96. The molecule has 0 aliphatic carbocycles. The maximum absolute atomic E-state index is 11.9. The molecule has 6 nitrogen and oxygen atoms in total. The van der Waals surface area contributed by atoms with Crippen molar-refractivity contribution in [1.82, 2.24) is 4.90 Å². The Hall–Kier alpha value is -2.08. The minimum atomic E-state index is -0.926. The molecule has 1 aliphatic heterocycles. The number of carbonyl (C=O) groups excluding carboxylic acids is 1. The zero-order chi connectivity index (χ0) is 13.7. The molecule has 1 aromatic heterocycles. The maximum Gasteiger partial charge on any atom is 0.306 e. The van der Waals surface area contributed by atoms with E-state index in [0.29, 0.717) is 25.5 Å². The number of hydrogen-bond acceptors (Lipinski definition) is 4. The normalized spacial score (nSPS) is 19.8. The van der Waals surface area contributed by atoms with Gasteiger partial charge in [-0.15, -0.1) is 0 Å². The SMILES string of the molecule is O=C(O)C[C@H]1CN(C(=O)/C=C/c2ccco2)CCO1. The fraction of sp³-hybridized carbons (Fsp3) is 0.385. The number of furan rings is 1. The van der Waals surface area contributed by atoms with Crippen molar-refractivity contribution >= 4 is 18.0 Å². The lowest BCUT2D eigenvalue weighted by Gasteiger charge is -2.31. The Labute approximate surface area is 110 Å². The van der Waals surface area contributed by atoms with Crippen LogP contribution in [0.2, 0.25) is 0 Å². The smallest absolute Gasteiger partial charge is 0.306 e. The summed E-state index contributed by atoms with van der Waals surface area (Å²) in [6, 6.07) is 3.48. The first-order valence-electron chi connectivity index (χ1n) is 5.99. The molecule has 1 N–H and O–H groups in total. The molecule has 0 unspecified atom stereocenters. The molecule has 1 fully saturated rings. The first-order valence-corrected chi connectivity index (χ1v) is 5.99. The van der Waals surface area contributed by atoms with Crippen LogP contribution in [0, 0.1) is 0 Å². The molecule has 2 heterocycles. The number of amides is 1. The van der Waals surface area contributed by atoms with Crippen LogP contribution < -0.4 is 0 Å². The first kappa shape index (κ1) is 13.4. The summed E-state index contributed by atoms with van der Waals surface area (Å²) in [7, 11) is 0. The van der Waals surface area contributed by atoms with E-state index in [1.165, 1.54) is 12.3 Å². The second-order valence-corrected chi connectivity index (χ2v) is 4.22. The maximum atomic E-state index is 11.9. The summed E-state index contributed by atoms with van der Waals surface area (Å²) in [5, 5.41) is 8.71. The van der Waals surface area contributed by atoms with E-state index in [4.69, 9.17) is 14.3 Å². The first-order chi connectivity index (χ1) is 9.15. The van der Waals surface area contributed by atoms with Gasteiger partial charge in [0.25, 0.3) is 0 Å². The highest BCUT2D eigenvalue weighted by Gasteiger charge is 2.24. The van der Waals surface area contributed by atoms with Crippen molar-refractivity contribution in [2.45, 2.75) is 12.5 Å². The van der Waals surface area contributed by atoms with Crippen LogP contribution in [0.4, 0.5) is 0 Å². The Morgan fingerprint density at radius 1 is 1.53 bits per heavy atom. The monoisotopic (exact) mass is 265 g/mol. The number of morpholine rings is 1. The summed E-state index contributed by atoms with van der Waals surface area (Å²) in [5.74, 6) is -0.496. The zero-order valence-electron chi connectivity index (χ0n) is 10.3. The van der Waals surface area contributed by atoms with Gasteiger partial charge in [-0.2, -0.15) is 0 Å². The summed E-state index contributed by atoms with van der Waals surface area (Å²) in [5.41, 5.74) is 0. The van der Waals surface area contributed by atoms with Gasteiger partial charge in [0, 0.05) is 19.2 Å². The van der Waals surface area contributed by atoms with E-state index in [9.17, 15) is 9.59 Å². The van der Waals surface area contributed by atoms with Crippen LogP contribution in [0.3, 0.4) is 0 Å². The van der Waals surface area contributed by atoms with Gasteiger partial charge in [0.05, 0.1) is 25.4 Å². The Balaban J connectivity index is 1.90. The van der Waals surface area contributed by atoms with Crippen molar-refractivity contribution in [2.75, 3.05) is 19.7 Å². The Kier molecular flexibility index (Phi) is 4.35. The highest BCUT2D eigenvalue weighted by Crippen LogP contribution is 2.10. The van der Waals surface area contributed by atoms with Crippen molar-refractivity contribution in [3.05, 3.63) is 30.2 Å². The average molecular weight is 265 g/mol. The van der Waals surface area contributed by atoms with Gasteiger partial charge < -0.3 is 19.2 Å². The van der Waals surface area contributed by atoms with E-state index in [2.05, 4.69) is 0 Å². The Morgan fingerprint density at radius 2 is 2.37 bits per heavy atom. The molecule has 1 aromatic rings. The van der Waals surface area contributed by atoms with Gasteiger partial charge in [0.15, 0.2) is 0 Å². The molecule has 0 saturated carbocycles. The zero-order valence-corrected chi connectivity index (χ0v) is 10.3. The van der Waals surface area contributed by atoms with Crippen molar-refractivity contribution in [1.29, 1.82) is 0 Å². The summed E-state index contributed by atoms with van der Waals surface area (Å²) in [6.07, 6.45) is 4.01. The summed E-state index contributed by atoms with van der Waals surface area (Å²) >= 11 is 0. The predicted molar refractivity (Wildman–Crippen MR) is 66.3 cm³/mol. The van der Waals surface area contributed by atoms with Crippen molar-refractivity contribution < 1.29 is 23.8 Å². The Morgan fingerprint density at radius 3 is 3.05 bits per heavy atom. The average Bonchev–Trinajstić information content (AvgIpc) is 2.88. The molecule has 1 saturated heterocycles. The van der Waals surface area contributed by atoms with E-state index in [1.807, 2.05) is 0 Å². The number of carboxylic acids is 1. The van der Waals surface area contributed by atoms with E-state index < -0.39 is 12.1 Å². The molecule has 2 rings (SSSR count). The molecule has 19 heavy (non-hydrogen) atoms. The fourth-order valence-electron chi connectivity index (χ4n) is 1.88. The molecule has 1 atom stereocenters. The minimum Gasteiger partial charge on any atom is -0.481 e. The van der Waals surface area contributed by atoms with Gasteiger partial charge in [0.1, 0.15) is 5.76 Å². The Bertz CT molecular complexity index is 465. The van der Waals surface area contributed by atoms with E-state index >= 15 is 0 Å². The molecule has 0 radical (unpaired) electrons. The molecular weight excluding hydrogens is 250 g/mol. The number of hydrogen-bond donors (Lipinski definition) is 1. The summed E-state index contributed by atoms with van der Waals surface area (Å²) in [6.45, 7) is 1.13. The van der Waals surface area contributed by atoms with Crippen LogP contribution in [0.1, 0.15) is 12.2 Å². The molecule has 0 aromatic carbocycles. The number of rotatable bonds is 4. The lowest BCUT2D eigenvalue weighted by Crippen LogP contribution is -2.45. The van der Waals surface area contributed by atoms with Crippen LogP contribution in [-0.2, 0) is 14.3 Å². The van der Waals surface area contributed by atoms with Gasteiger partial charge >= 0.3 is 5.97 Å². The molecule has 0 bridgehead atoms. The highest BCUT2D eigenvalue weighted by molar-refractivity contribution is 5.91. The minimum absolute atomic E-state index is 0.0916. The van der Waals surface area contributed by atoms with Crippen LogP contribution in [-0.4, -0.2) is 47.7 Å². The second kappa shape index (κ2) is 6.19. The fourth-order valence-corrected chi connectivity index (χ4v) is 1.88. The lowest BCUT2D eigenvalue weighted by atomic mass is 10.2. The number of carbonyl (C=O) groups is 2. The number of aliphatic carboxylic acids is 1. The molecule has 6 heteroatoms.